The molecule has 104 valence electrons. The summed E-state index contributed by atoms with van der Waals surface area (Å²) in [6, 6.07) is 0. The number of oxazole rings is 1. The number of carbonyl (C=O) groups is 2. The van der Waals surface area contributed by atoms with Crippen LogP contribution in [0.4, 0.5) is 0 Å². The molecule has 1 aliphatic rings. The molecule has 1 saturated heterocycles. The van der Waals surface area contributed by atoms with Gasteiger partial charge in [-0.3, -0.25) is 9.59 Å². The number of nitrogens with zero attached hydrogens (tertiary/aromatic N) is 2. The van der Waals surface area contributed by atoms with Crippen LogP contribution in [0.3, 0.4) is 0 Å². The van der Waals surface area contributed by atoms with Crippen LogP contribution in [-0.4, -0.2) is 42.0 Å². The van der Waals surface area contributed by atoms with E-state index in [9.17, 15) is 9.59 Å². The van der Waals surface area contributed by atoms with Gasteiger partial charge in [-0.25, -0.2) is 4.98 Å². The van der Waals surface area contributed by atoms with Crippen LogP contribution in [0.2, 0.25) is 0 Å². The minimum atomic E-state index is -0.261. The monoisotopic (exact) mass is 266 g/mol. The van der Waals surface area contributed by atoms with Crippen molar-refractivity contribution in [3.05, 3.63) is 17.3 Å². The van der Waals surface area contributed by atoms with Crippen LogP contribution in [0.5, 0.6) is 0 Å². The lowest BCUT2D eigenvalue weighted by Gasteiger charge is -2.30. The maximum absolute atomic E-state index is 12.3. The molecule has 0 unspecified atom stereocenters. The smallest absolute Gasteiger partial charge is 0.310 e. The second-order valence-corrected chi connectivity index (χ2v) is 4.76. The molecule has 1 fully saturated rings. The molecule has 2 heterocycles. The number of ether oxygens (including phenoxy) is 1. The molecule has 0 aromatic carbocycles. The van der Waals surface area contributed by atoms with Gasteiger partial charge in [0.15, 0.2) is 5.89 Å². The zero-order valence-electron chi connectivity index (χ0n) is 11.4. The topological polar surface area (TPSA) is 72.6 Å². The van der Waals surface area contributed by atoms with Gasteiger partial charge in [-0.1, -0.05) is 0 Å². The van der Waals surface area contributed by atoms with Crippen LogP contribution >= 0.6 is 0 Å². The molecule has 0 saturated carbocycles. The largest absolute Gasteiger partial charge is 0.469 e. The minimum absolute atomic E-state index is 0.202. The van der Waals surface area contributed by atoms with Gasteiger partial charge in [-0.2, -0.15) is 0 Å². The van der Waals surface area contributed by atoms with Crippen molar-refractivity contribution in [3.63, 3.8) is 0 Å². The molecule has 1 aromatic heterocycles. The van der Waals surface area contributed by atoms with E-state index < -0.39 is 0 Å². The molecule has 0 spiro atoms. The lowest BCUT2D eigenvalue weighted by molar-refractivity contribution is -0.146. The van der Waals surface area contributed by atoms with E-state index in [2.05, 4.69) is 4.98 Å². The van der Waals surface area contributed by atoms with Crippen molar-refractivity contribution in [3.8, 4) is 0 Å². The number of aryl methyl sites for hydroxylation is 2. The predicted molar refractivity (Wildman–Crippen MR) is 66.6 cm³/mol. The number of methoxy groups -OCH3 is 1. The van der Waals surface area contributed by atoms with Crippen molar-refractivity contribution < 1.29 is 18.7 Å². The molecular weight excluding hydrogens is 248 g/mol. The first-order valence-corrected chi connectivity index (χ1v) is 6.34. The van der Waals surface area contributed by atoms with Gasteiger partial charge < -0.3 is 14.1 Å². The zero-order valence-corrected chi connectivity index (χ0v) is 11.4. The SMILES string of the molecule is COC(=O)[C@H]1CCCN(C(=O)c2oc(C)nc2C)C1. The highest BCUT2D eigenvalue weighted by atomic mass is 16.5. The van der Waals surface area contributed by atoms with Gasteiger partial charge in [0.25, 0.3) is 5.91 Å². The molecule has 6 nitrogen and oxygen atoms in total. The number of hydrogen-bond donors (Lipinski definition) is 0. The third-order valence-electron chi connectivity index (χ3n) is 3.34. The Morgan fingerprint density at radius 3 is 2.74 bits per heavy atom. The summed E-state index contributed by atoms with van der Waals surface area (Å²) >= 11 is 0. The lowest BCUT2D eigenvalue weighted by atomic mass is 9.98. The number of aromatic nitrogens is 1. The second-order valence-electron chi connectivity index (χ2n) is 4.76. The molecule has 0 aliphatic carbocycles. The third kappa shape index (κ3) is 2.77. The lowest BCUT2D eigenvalue weighted by Crippen LogP contribution is -2.42. The van der Waals surface area contributed by atoms with Crippen LogP contribution in [0.1, 0.15) is 35.0 Å². The summed E-state index contributed by atoms with van der Waals surface area (Å²) in [7, 11) is 1.37. The molecule has 0 radical (unpaired) electrons. The van der Waals surface area contributed by atoms with E-state index in [1.165, 1.54) is 7.11 Å². The first-order valence-electron chi connectivity index (χ1n) is 6.34. The summed E-state index contributed by atoms with van der Waals surface area (Å²) in [4.78, 5) is 29.6. The third-order valence-corrected chi connectivity index (χ3v) is 3.34. The molecule has 1 aromatic rings. The van der Waals surface area contributed by atoms with Crippen LogP contribution in [-0.2, 0) is 9.53 Å². The van der Waals surface area contributed by atoms with Crippen molar-refractivity contribution in [1.29, 1.82) is 0 Å². The summed E-state index contributed by atoms with van der Waals surface area (Å²) in [5, 5.41) is 0. The van der Waals surface area contributed by atoms with Gasteiger partial charge >= 0.3 is 5.97 Å². The summed E-state index contributed by atoms with van der Waals surface area (Å²) < 4.78 is 10.1. The Kier molecular flexibility index (Phi) is 3.87. The Hall–Kier alpha value is -1.85. The van der Waals surface area contributed by atoms with Gasteiger partial charge in [0, 0.05) is 20.0 Å². The Balaban J connectivity index is 2.11. The maximum Gasteiger partial charge on any atom is 0.310 e. The molecule has 0 N–H and O–H groups in total. The van der Waals surface area contributed by atoms with E-state index >= 15 is 0 Å². The van der Waals surface area contributed by atoms with E-state index in [1.807, 2.05) is 0 Å². The number of likely N-dealkylation sites (tertiary alicyclic amines) is 1. The second kappa shape index (κ2) is 5.42. The molecular formula is C13H18N2O4. The van der Waals surface area contributed by atoms with Gasteiger partial charge in [0.2, 0.25) is 5.76 Å². The van der Waals surface area contributed by atoms with Crippen LogP contribution in [0.15, 0.2) is 4.42 Å². The van der Waals surface area contributed by atoms with Crippen LogP contribution < -0.4 is 0 Å². The fraction of sp³-hybridized carbons (Fsp3) is 0.615. The summed E-state index contributed by atoms with van der Waals surface area (Å²) in [5.74, 6) is 0.0343. The molecule has 1 aliphatic heterocycles. The zero-order chi connectivity index (χ0) is 14.0. The van der Waals surface area contributed by atoms with Crippen molar-refractivity contribution in [2.75, 3.05) is 20.2 Å². The summed E-state index contributed by atoms with van der Waals surface area (Å²) in [6.45, 7) is 4.46. The van der Waals surface area contributed by atoms with Gasteiger partial charge in [0.05, 0.1) is 18.7 Å². The highest BCUT2D eigenvalue weighted by molar-refractivity contribution is 5.92. The highest BCUT2D eigenvalue weighted by Crippen LogP contribution is 2.21. The van der Waals surface area contributed by atoms with E-state index in [1.54, 1.807) is 18.7 Å². The highest BCUT2D eigenvalue weighted by Gasteiger charge is 2.31. The maximum atomic E-state index is 12.3. The quantitative estimate of drug-likeness (QED) is 0.755. The molecule has 1 atom stereocenters. The first-order chi connectivity index (χ1) is 9.02. The molecule has 1 amide bonds. The van der Waals surface area contributed by atoms with Crippen molar-refractivity contribution >= 4 is 11.9 Å². The summed E-state index contributed by atoms with van der Waals surface area (Å²) in [6.07, 6.45) is 1.54. The fourth-order valence-corrected chi connectivity index (χ4v) is 2.39. The van der Waals surface area contributed by atoms with Gasteiger partial charge in [-0.05, 0) is 19.8 Å². The van der Waals surface area contributed by atoms with E-state index in [4.69, 9.17) is 9.15 Å². The van der Waals surface area contributed by atoms with Gasteiger partial charge in [-0.15, -0.1) is 0 Å². The number of piperidine rings is 1. The first kappa shape index (κ1) is 13.6. The molecule has 6 heteroatoms. The van der Waals surface area contributed by atoms with Crippen LogP contribution in [0, 0.1) is 19.8 Å². The number of amides is 1. The number of carbonyl (C=O) groups excluding carboxylic acids is 2. The van der Waals surface area contributed by atoms with E-state index in [0.29, 0.717) is 24.7 Å². The van der Waals surface area contributed by atoms with Crippen LogP contribution in [0.25, 0.3) is 0 Å². The van der Waals surface area contributed by atoms with E-state index in [0.717, 1.165) is 12.8 Å². The normalized spacial score (nSPS) is 19.3. The number of hydrogen-bond acceptors (Lipinski definition) is 5. The predicted octanol–water partition coefficient (Wildman–Crippen LogP) is 1.32. The Labute approximate surface area is 111 Å². The average molecular weight is 266 g/mol. The van der Waals surface area contributed by atoms with Crippen molar-refractivity contribution in [2.24, 2.45) is 5.92 Å². The molecule has 0 bridgehead atoms. The molecule has 2 rings (SSSR count). The standard InChI is InChI=1S/C13H18N2O4/c1-8-11(19-9(2)14-8)12(16)15-6-4-5-10(7-15)13(17)18-3/h10H,4-7H2,1-3H3/t10-/m0/s1. The molecule has 19 heavy (non-hydrogen) atoms. The Morgan fingerprint density at radius 2 is 2.16 bits per heavy atom. The van der Waals surface area contributed by atoms with E-state index in [-0.39, 0.29) is 23.6 Å². The van der Waals surface area contributed by atoms with Gasteiger partial charge in [0.1, 0.15) is 0 Å². The van der Waals surface area contributed by atoms with Crippen molar-refractivity contribution in [2.45, 2.75) is 26.7 Å². The Morgan fingerprint density at radius 1 is 1.42 bits per heavy atom. The average Bonchev–Trinajstić information content (AvgIpc) is 2.76. The summed E-state index contributed by atoms with van der Waals surface area (Å²) in [5.41, 5.74) is 0.586. The number of esters is 1. The minimum Gasteiger partial charge on any atom is -0.469 e. The van der Waals surface area contributed by atoms with Crippen molar-refractivity contribution in [1.82, 2.24) is 9.88 Å². The Bertz CT molecular complexity index is 495. The fourth-order valence-electron chi connectivity index (χ4n) is 2.39. The number of rotatable bonds is 2.